The minimum atomic E-state index is -1.25. The molecule has 0 aliphatic carbocycles. The van der Waals surface area contributed by atoms with E-state index in [1.807, 2.05) is 39.8 Å². The first-order chi connectivity index (χ1) is 18.5. The van der Waals surface area contributed by atoms with Crippen LogP contribution in [0.5, 0.6) is 0 Å². The van der Waals surface area contributed by atoms with Crippen molar-refractivity contribution in [3.63, 3.8) is 0 Å². The Labute approximate surface area is 235 Å². The summed E-state index contributed by atoms with van der Waals surface area (Å²) in [4.78, 5) is 45.5. The number of hydrogen-bond donors (Lipinski definition) is 1. The zero-order chi connectivity index (χ0) is 28.7. The molecule has 0 aromatic heterocycles. The Balaban J connectivity index is 1.89. The number of fused-ring (bicyclic) bond motifs is 1. The Hall–Kier alpha value is -2.68. The van der Waals surface area contributed by atoms with Crippen LogP contribution in [0.1, 0.15) is 45.6 Å². The largest absolute Gasteiger partial charge is 0.461 e. The van der Waals surface area contributed by atoms with E-state index in [0.717, 1.165) is 5.56 Å². The molecular formula is C30H39ClN2O6. The predicted octanol–water partition coefficient (Wildman–Crippen LogP) is 4.07. The number of amides is 2. The van der Waals surface area contributed by atoms with Crippen molar-refractivity contribution in [2.24, 2.45) is 17.8 Å². The van der Waals surface area contributed by atoms with Gasteiger partial charge in [-0.2, -0.15) is 0 Å². The molecule has 3 heterocycles. The van der Waals surface area contributed by atoms with E-state index in [1.165, 1.54) is 11.0 Å². The van der Waals surface area contributed by atoms with E-state index in [0.29, 0.717) is 30.0 Å². The van der Waals surface area contributed by atoms with Gasteiger partial charge in [-0.1, -0.05) is 62.7 Å². The van der Waals surface area contributed by atoms with E-state index in [4.69, 9.17) is 21.1 Å². The quantitative estimate of drug-likeness (QED) is 0.325. The molecule has 3 aliphatic heterocycles. The standard InChI is InChI=1S/C30H39ClN2O6/c1-7-15-32(24-19(5)11-10-12-20(24)31)27(36)25-30-14-13-29(6,39-30)23(28(37)38-16-8-2)22(30)26(35)33(25)21(17-34)18(4)9-3/h7-8,10-12,18,21-23,25,34H,1-2,9,13-17H2,3-6H3/t18-,21-,22-,23+,25?,29-,30?/m0/s1. The molecule has 1 aromatic rings. The molecule has 39 heavy (non-hydrogen) atoms. The molecule has 3 saturated heterocycles. The maximum atomic E-state index is 14.7. The van der Waals surface area contributed by atoms with Crippen LogP contribution in [-0.4, -0.2) is 70.8 Å². The average molecular weight is 559 g/mol. The fourth-order valence-electron chi connectivity index (χ4n) is 6.94. The highest BCUT2D eigenvalue weighted by molar-refractivity contribution is 6.34. The third kappa shape index (κ3) is 4.50. The number of aliphatic hydroxyl groups is 1. The van der Waals surface area contributed by atoms with Crippen molar-refractivity contribution in [1.82, 2.24) is 4.90 Å². The summed E-state index contributed by atoms with van der Waals surface area (Å²) in [6.07, 6.45) is 4.67. The summed E-state index contributed by atoms with van der Waals surface area (Å²) < 4.78 is 12.1. The first-order valence-corrected chi connectivity index (χ1v) is 14.0. The summed E-state index contributed by atoms with van der Waals surface area (Å²) in [7, 11) is 0. The Morgan fingerprint density at radius 2 is 2.05 bits per heavy atom. The van der Waals surface area contributed by atoms with Crippen molar-refractivity contribution in [3.05, 3.63) is 54.1 Å². The maximum Gasteiger partial charge on any atom is 0.313 e. The van der Waals surface area contributed by atoms with Gasteiger partial charge in [-0.25, -0.2) is 0 Å². The van der Waals surface area contributed by atoms with Crippen molar-refractivity contribution < 1.29 is 29.0 Å². The van der Waals surface area contributed by atoms with Crippen LogP contribution in [0.15, 0.2) is 43.5 Å². The molecule has 4 rings (SSSR count). The highest BCUT2D eigenvalue weighted by atomic mass is 35.5. The predicted molar refractivity (Wildman–Crippen MR) is 149 cm³/mol. The Kier molecular flexibility index (Phi) is 8.31. The van der Waals surface area contributed by atoms with Gasteiger partial charge in [0.15, 0.2) is 0 Å². The number of para-hydroxylation sites is 1. The number of rotatable bonds is 11. The van der Waals surface area contributed by atoms with Gasteiger partial charge in [0.05, 0.1) is 34.9 Å². The molecule has 7 atom stereocenters. The van der Waals surface area contributed by atoms with Crippen molar-refractivity contribution in [3.8, 4) is 0 Å². The van der Waals surface area contributed by atoms with Crippen LogP contribution < -0.4 is 4.90 Å². The van der Waals surface area contributed by atoms with Crippen LogP contribution >= 0.6 is 11.6 Å². The van der Waals surface area contributed by atoms with E-state index in [2.05, 4.69) is 13.2 Å². The van der Waals surface area contributed by atoms with E-state index in [-0.39, 0.29) is 37.5 Å². The zero-order valence-corrected chi connectivity index (χ0v) is 23.9. The number of aliphatic hydroxyl groups excluding tert-OH is 1. The van der Waals surface area contributed by atoms with E-state index in [9.17, 15) is 19.5 Å². The third-order valence-corrected chi connectivity index (χ3v) is 9.23. The average Bonchev–Trinajstić information content (AvgIpc) is 3.47. The van der Waals surface area contributed by atoms with Crippen molar-refractivity contribution in [2.75, 3.05) is 24.7 Å². The van der Waals surface area contributed by atoms with E-state index >= 15 is 0 Å². The number of esters is 1. The number of aryl methyl sites for hydroxylation is 1. The third-order valence-electron chi connectivity index (χ3n) is 8.93. The molecule has 9 heteroatoms. The number of carbonyl (C=O) groups is 3. The number of hydrogen-bond acceptors (Lipinski definition) is 6. The van der Waals surface area contributed by atoms with Crippen LogP contribution in [0.2, 0.25) is 5.02 Å². The lowest BCUT2D eigenvalue weighted by Gasteiger charge is -2.41. The molecular weight excluding hydrogens is 520 g/mol. The Morgan fingerprint density at radius 3 is 2.64 bits per heavy atom. The van der Waals surface area contributed by atoms with E-state index < -0.39 is 41.1 Å². The van der Waals surface area contributed by atoms with Crippen LogP contribution in [0.4, 0.5) is 5.69 Å². The molecule has 0 saturated carbocycles. The molecule has 212 valence electrons. The normalized spacial score (nSPS) is 30.6. The molecule has 0 radical (unpaired) electrons. The smallest absolute Gasteiger partial charge is 0.313 e. The molecule has 2 bridgehead atoms. The number of carbonyl (C=O) groups excluding carboxylic acids is 3. The number of ether oxygens (including phenoxy) is 2. The van der Waals surface area contributed by atoms with Crippen LogP contribution in [0.3, 0.4) is 0 Å². The molecule has 1 N–H and O–H groups in total. The highest BCUT2D eigenvalue weighted by Crippen LogP contribution is 2.64. The number of likely N-dealkylation sites (tertiary alicyclic amines) is 1. The summed E-state index contributed by atoms with van der Waals surface area (Å²) in [5.74, 6) is -3.21. The van der Waals surface area contributed by atoms with Gasteiger partial charge in [0.25, 0.3) is 5.91 Å². The lowest BCUT2D eigenvalue weighted by molar-refractivity contribution is -0.160. The second kappa shape index (κ2) is 11.1. The topological polar surface area (TPSA) is 96.4 Å². The summed E-state index contributed by atoms with van der Waals surface area (Å²) in [5, 5.41) is 10.9. The fourth-order valence-corrected chi connectivity index (χ4v) is 7.26. The number of halogens is 1. The first kappa shape index (κ1) is 29.3. The van der Waals surface area contributed by atoms with E-state index in [1.54, 1.807) is 17.0 Å². The number of nitrogens with zero attached hydrogens (tertiary/aromatic N) is 2. The van der Waals surface area contributed by atoms with Crippen LogP contribution in [-0.2, 0) is 23.9 Å². The fraction of sp³-hybridized carbons (Fsp3) is 0.567. The first-order valence-electron chi connectivity index (χ1n) is 13.6. The van der Waals surface area contributed by atoms with Gasteiger partial charge in [-0.15, -0.1) is 6.58 Å². The van der Waals surface area contributed by atoms with Gasteiger partial charge in [0, 0.05) is 6.54 Å². The summed E-state index contributed by atoms with van der Waals surface area (Å²) in [5.41, 5.74) is -0.896. The second-order valence-corrected chi connectivity index (χ2v) is 11.6. The van der Waals surface area contributed by atoms with Crippen LogP contribution in [0.25, 0.3) is 0 Å². The molecule has 1 aromatic carbocycles. The molecule has 2 unspecified atom stereocenters. The molecule has 1 spiro atoms. The SMILES string of the molecule is C=CCOC(=O)[C@H]1[C@H]2C(=O)N([C@@H](CO)[C@@H](C)CC)C(C(=O)N(CC=C)c3c(C)cccc3Cl)C23CC[C@]1(C)O3. The highest BCUT2D eigenvalue weighted by Gasteiger charge is 2.79. The van der Waals surface area contributed by atoms with Crippen molar-refractivity contribution >= 4 is 35.1 Å². The van der Waals surface area contributed by atoms with Crippen LogP contribution in [0, 0.1) is 24.7 Å². The van der Waals surface area contributed by atoms with Crippen molar-refractivity contribution in [2.45, 2.75) is 70.2 Å². The summed E-state index contributed by atoms with van der Waals surface area (Å²) in [6.45, 7) is 14.9. The molecule has 8 nitrogen and oxygen atoms in total. The van der Waals surface area contributed by atoms with Crippen molar-refractivity contribution in [1.29, 1.82) is 0 Å². The Bertz CT molecular complexity index is 1150. The maximum absolute atomic E-state index is 14.7. The minimum Gasteiger partial charge on any atom is -0.461 e. The number of anilines is 1. The van der Waals surface area contributed by atoms with Gasteiger partial charge in [0.2, 0.25) is 5.91 Å². The molecule has 2 amide bonds. The molecule has 3 fully saturated rings. The van der Waals surface area contributed by atoms with Gasteiger partial charge in [-0.05, 0) is 44.2 Å². The van der Waals surface area contributed by atoms with Gasteiger partial charge in [0.1, 0.15) is 24.2 Å². The van der Waals surface area contributed by atoms with Gasteiger partial charge < -0.3 is 24.4 Å². The monoisotopic (exact) mass is 558 g/mol. The second-order valence-electron chi connectivity index (χ2n) is 11.2. The molecule has 3 aliphatic rings. The van der Waals surface area contributed by atoms with Gasteiger partial charge >= 0.3 is 5.97 Å². The lowest BCUT2D eigenvalue weighted by atomic mass is 9.66. The zero-order valence-electron chi connectivity index (χ0n) is 23.2. The van der Waals surface area contributed by atoms with Gasteiger partial charge in [-0.3, -0.25) is 14.4 Å². The number of benzene rings is 1. The Morgan fingerprint density at radius 1 is 1.33 bits per heavy atom. The summed E-state index contributed by atoms with van der Waals surface area (Å²) in [6, 6.07) is 3.67. The summed E-state index contributed by atoms with van der Waals surface area (Å²) >= 11 is 6.61. The minimum absolute atomic E-state index is 0.0103. The lowest BCUT2D eigenvalue weighted by Crippen LogP contribution is -2.60.